The number of benzene rings is 1. The molecule has 106 valence electrons. The number of carbonyl (C=O) groups is 1. The van der Waals surface area contributed by atoms with Gasteiger partial charge in [0.05, 0.1) is 13.5 Å². The van der Waals surface area contributed by atoms with E-state index in [2.05, 4.69) is 10.1 Å². The first kappa shape index (κ1) is 16.0. The third kappa shape index (κ3) is 6.07. The Kier molecular flexibility index (Phi) is 6.87. The zero-order valence-corrected chi connectivity index (χ0v) is 12.3. The van der Waals surface area contributed by atoms with Crippen molar-refractivity contribution >= 4 is 17.7 Å². The van der Waals surface area contributed by atoms with Crippen LogP contribution in [-0.4, -0.2) is 24.9 Å². The van der Waals surface area contributed by atoms with Crippen LogP contribution < -0.4 is 5.32 Å². The number of methoxy groups -OCH3 is 1. The molecule has 1 N–H and O–H groups in total. The van der Waals surface area contributed by atoms with Crippen molar-refractivity contribution in [2.24, 2.45) is 0 Å². The lowest BCUT2D eigenvalue weighted by Gasteiger charge is -2.12. The summed E-state index contributed by atoms with van der Waals surface area (Å²) in [7, 11) is 1.38. The predicted molar refractivity (Wildman–Crippen MR) is 75.7 cm³/mol. The number of carbonyl (C=O) groups excluding carboxylic acids is 1. The molecule has 0 spiro atoms. The van der Waals surface area contributed by atoms with E-state index in [1.165, 1.54) is 19.2 Å². The zero-order valence-electron chi connectivity index (χ0n) is 11.5. The minimum absolute atomic E-state index is 0.225. The second kappa shape index (κ2) is 8.17. The highest BCUT2D eigenvalue weighted by Crippen LogP contribution is 2.24. The van der Waals surface area contributed by atoms with Crippen LogP contribution in [0.4, 0.5) is 4.39 Å². The molecule has 1 rings (SSSR count). The summed E-state index contributed by atoms with van der Waals surface area (Å²) in [5.74, 6) is 0.168. The molecule has 0 aliphatic rings. The van der Waals surface area contributed by atoms with Gasteiger partial charge >= 0.3 is 5.97 Å². The number of nitrogens with one attached hydrogen (secondary N) is 1. The molecule has 3 nitrogen and oxygen atoms in total. The number of esters is 1. The maximum absolute atomic E-state index is 13.3. The van der Waals surface area contributed by atoms with Crippen molar-refractivity contribution in [2.75, 3.05) is 12.9 Å². The van der Waals surface area contributed by atoms with Crippen LogP contribution in [0.3, 0.4) is 0 Å². The average Bonchev–Trinajstić information content (AvgIpc) is 2.38. The fraction of sp³-hybridized carbons (Fsp3) is 0.500. The lowest BCUT2D eigenvalue weighted by Crippen LogP contribution is -2.22. The molecular weight excluding hydrogens is 265 g/mol. The van der Waals surface area contributed by atoms with E-state index >= 15 is 0 Å². The van der Waals surface area contributed by atoms with Crippen LogP contribution in [0.5, 0.6) is 0 Å². The van der Waals surface area contributed by atoms with Crippen LogP contribution in [0, 0.1) is 5.82 Å². The van der Waals surface area contributed by atoms with Gasteiger partial charge in [0.2, 0.25) is 0 Å². The maximum atomic E-state index is 13.3. The first-order valence-electron chi connectivity index (χ1n) is 6.24. The van der Waals surface area contributed by atoms with E-state index in [1.807, 2.05) is 13.8 Å². The van der Waals surface area contributed by atoms with Crippen molar-refractivity contribution in [3.05, 3.63) is 29.6 Å². The van der Waals surface area contributed by atoms with Gasteiger partial charge in [0.15, 0.2) is 0 Å². The van der Waals surface area contributed by atoms with Crippen molar-refractivity contribution in [1.29, 1.82) is 0 Å². The average molecular weight is 285 g/mol. The van der Waals surface area contributed by atoms with Crippen molar-refractivity contribution in [3.63, 3.8) is 0 Å². The Morgan fingerprint density at radius 3 is 2.84 bits per heavy atom. The van der Waals surface area contributed by atoms with Crippen molar-refractivity contribution in [2.45, 2.75) is 37.8 Å². The predicted octanol–water partition coefficient (Wildman–Crippen LogP) is 2.98. The van der Waals surface area contributed by atoms with Gasteiger partial charge in [0, 0.05) is 23.2 Å². The van der Waals surface area contributed by atoms with E-state index in [-0.39, 0.29) is 11.8 Å². The highest BCUT2D eigenvalue weighted by molar-refractivity contribution is 7.99. The molecule has 0 atom stereocenters. The molecule has 0 bridgehead atoms. The topological polar surface area (TPSA) is 38.3 Å². The number of hydrogen-bond donors (Lipinski definition) is 1. The standard InChI is InChI=1S/C14H20FNO2S/c1-10(2)16-9-11-8-12(15)4-5-13(11)19-7-6-14(17)18-3/h4-5,8,10,16H,6-7,9H2,1-3H3. The number of thioether (sulfide) groups is 1. The summed E-state index contributed by atoms with van der Waals surface area (Å²) >= 11 is 1.54. The Morgan fingerprint density at radius 2 is 2.21 bits per heavy atom. The van der Waals surface area contributed by atoms with Gasteiger partial charge in [-0.05, 0) is 23.8 Å². The lowest BCUT2D eigenvalue weighted by atomic mass is 10.2. The maximum Gasteiger partial charge on any atom is 0.306 e. The summed E-state index contributed by atoms with van der Waals surface area (Å²) in [5.41, 5.74) is 0.920. The molecule has 0 heterocycles. The molecule has 0 radical (unpaired) electrons. The van der Waals surface area contributed by atoms with Gasteiger partial charge in [-0.1, -0.05) is 13.8 Å². The Morgan fingerprint density at radius 1 is 1.47 bits per heavy atom. The van der Waals surface area contributed by atoms with E-state index in [0.29, 0.717) is 24.8 Å². The van der Waals surface area contributed by atoms with Gasteiger partial charge in [-0.15, -0.1) is 11.8 Å². The number of ether oxygens (including phenoxy) is 1. The third-order valence-electron chi connectivity index (χ3n) is 2.51. The fourth-order valence-corrected chi connectivity index (χ4v) is 2.46. The molecule has 1 aromatic carbocycles. The minimum atomic E-state index is -0.238. The molecule has 0 fully saturated rings. The molecule has 0 aliphatic carbocycles. The molecule has 5 heteroatoms. The molecule has 0 saturated carbocycles. The minimum Gasteiger partial charge on any atom is -0.469 e. The van der Waals surface area contributed by atoms with Gasteiger partial charge in [-0.3, -0.25) is 4.79 Å². The summed E-state index contributed by atoms with van der Waals surface area (Å²) in [6.07, 6.45) is 0.357. The van der Waals surface area contributed by atoms with E-state index < -0.39 is 0 Å². The molecule has 0 unspecified atom stereocenters. The molecule has 0 amide bonds. The largest absolute Gasteiger partial charge is 0.469 e. The Bertz CT molecular complexity index is 424. The normalized spacial score (nSPS) is 10.8. The van der Waals surface area contributed by atoms with E-state index in [1.54, 1.807) is 17.8 Å². The fourth-order valence-electron chi connectivity index (χ4n) is 1.49. The summed E-state index contributed by atoms with van der Waals surface area (Å²) in [4.78, 5) is 12.0. The summed E-state index contributed by atoms with van der Waals surface area (Å²) < 4.78 is 17.9. The van der Waals surface area contributed by atoms with Crippen LogP contribution >= 0.6 is 11.8 Å². The van der Waals surface area contributed by atoms with Crippen LogP contribution in [0.25, 0.3) is 0 Å². The molecule has 1 aromatic rings. The van der Waals surface area contributed by atoms with E-state index in [9.17, 15) is 9.18 Å². The summed E-state index contributed by atoms with van der Waals surface area (Å²) in [6, 6.07) is 5.08. The number of hydrogen-bond acceptors (Lipinski definition) is 4. The third-order valence-corrected chi connectivity index (χ3v) is 3.63. The van der Waals surface area contributed by atoms with Gasteiger partial charge in [-0.2, -0.15) is 0 Å². The number of rotatable bonds is 7. The van der Waals surface area contributed by atoms with Crippen LogP contribution in [-0.2, 0) is 16.1 Å². The van der Waals surface area contributed by atoms with Gasteiger partial charge in [-0.25, -0.2) is 4.39 Å². The Labute approximate surface area is 117 Å². The van der Waals surface area contributed by atoms with Crippen LogP contribution in [0.2, 0.25) is 0 Å². The quantitative estimate of drug-likeness (QED) is 0.617. The van der Waals surface area contributed by atoms with E-state index in [4.69, 9.17) is 0 Å². The van der Waals surface area contributed by atoms with Gasteiger partial charge in [0.25, 0.3) is 0 Å². The van der Waals surface area contributed by atoms with Crippen LogP contribution in [0.1, 0.15) is 25.8 Å². The SMILES string of the molecule is COC(=O)CCSc1ccc(F)cc1CNC(C)C. The van der Waals surface area contributed by atoms with Gasteiger partial charge < -0.3 is 10.1 Å². The first-order valence-corrected chi connectivity index (χ1v) is 7.23. The lowest BCUT2D eigenvalue weighted by molar-refractivity contribution is -0.140. The zero-order chi connectivity index (χ0) is 14.3. The molecule has 0 aliphatic heterocycles. The first-order chi connectivity index (χ1) is 9.02. The smallest absolute Gasteiger partial charge is 0.306 e. The number of halogens is 1. The molecular formula is C14H20FNO2S. The highest BCUT2D eigenvalue weighted by Gasteiger charge is 2.07. The monoisotopic (exact) mass is 285 g/mol. The van der Waals surface area contributed by atoms with Crippen molar-refractivity contribution in [3.8, 4) is 0 Å². The molecule has 0 saturated heterocycles. The Hall–Kier alpha value is -1.07. The van der Waals surface area contributed by atoms with Crippen molar-refractivity contribution < 1.29 is 13.9 Å². The van der Waals surface area contributed by atoms with Crippen LogP contribution in [0.15, 0.2) is 23.1 Å². The molecule has 19 heavy (non-hydrogen) atoms. The highest BCUT2D eigenvalue weighted by atomic mass is 32.2. The summed E-state index contributed by atoms with van der Waals surface area (Å²) in [5, 5.41) is 3.27. The Balaban J connectivity index is 2.62. The summed E-state index contributed by atoms with van der Waals surface area (Å²) in [6.45, 7) is 4.71. The second-order valence-electron chi connectivity index (χ2n) is 4.46. The second-order valence-corrected chi connectivity index (χ2v) is 5.60. The van der Waals surface area contributed by atoms with Gasteiger partial charge in [0.1, 0.15) is 5.82 Å². The molecule has 0 aromatic heterocycles. The van der Waals surface area contributed by atoms with E-state index in [0.717, 1.165) is 10.5 Å². The van der Waals surface area contributed by atoms with Crippen molar-refractivity contribution in [1.82, 2.24) is 5.32 Å².